The molecule has 3 rings (SSSR count). The van der Waals surface area contributed by atoms with Crippen molar-refractivity contribution in [1.29, 1.82) is 0 Å². The Morgan fingerprint density at radius 1 is 0.909 bits per heavy atom. The Hall–Kier alpha value is -2.68. The van der Waals surface area contributed by atoms with Crippen molar-refractivity contribution in [2.45, 2.75) is 13.3 Å². The van der Waals surface area contributed by atoms with Gasteiger partial charge in [0.05, 0.1) is 6.61 Å². The lowest BCUT2D eigenvalue weighted by Crippen LogP contribution is -2.12. The first-order chi connectivity index (χ1) is 10.7. The minimum Gasteiger partial charge on any atom is -0.466 e. The summed E-state index contributed by atoms with van der Waals surface area (Å²) < 4.78 is 4.90. The third-order valence-electron chi connectivity index (χ3n) is 3.66. The van der Waals surface area contributed by atoms with Gasteiger partial charge in [-0.15, -0.1) is 0 Å². The molecule has 22 heavy (non-hydrogen) atoms. The molecule has 0 saturated carbocycles. The molecule has 0 aliphatic heterocycles. The molecule has 0 N–H and O–H groups in total. The zero-order valence-corrected chi connectivity index (χ0v) is 12.3. The largest absolute Gasteiger partial charge is 0.466 e. The van der Waals surface area contributed by atoms with E-state index in [-0.39, 0.29) is 18.8 Å². The summed E-state index contributed by atoms with van der Waals surface area (Å²) in [5.74, 6) is -0.684. The molecule has 3 aromatic carbocycles. The highest BCUT2D eigenvalue weighted by molar-refractivity contribution is 6.21. The molecule has 0 aromatic heterocycles. The molecule has 0 saturated heterocycles. The van der Waals surface area contributed by atoms with Crippen LogP contribution in [0.4, 0.5) is 0 Å². The van der Waals surface area contributed by atoms with Gasteiger partial charge in [-0.2, -0.15) is 0 Å². The van der Waals surface area contributed by atoms with Gasteiger partial charge in [0.25, 0.3) is 0 Å². The standard InChI is InChI=1S/C19H16O3/c1-2-22-18(21)12-17(20)19-15-9-5-3-7-13(15)11-14-8-4-6-10-16(14)19/h3-11H,2,12H2,1H3. The summed E-state index contributed by atoms with van der Waals surface area (Å²) in [5, 5.41) is 3.73. The van der Waals surface area contributed by atoms with Gasteiger partial charge in [0.2, 0.25) is 0 Å². The Morgan fingerprint density at radius 3 is 2.00 bits per heavy atom. The van der Waals surface area contributed by atoms with Crippen LogP contribution in [0.5, 0.6) is 0 Å². The number of ketones is 1. The smallest absolute Gasteiger partial charge is 0.313 e. The van der Waals surface area contributed by atoms with Crippen molar-refractivity contribution in [3.05, 3.63) is 60.2 Å². The number of fused-ring (bicyclic) bond motifs is 2. The number of benzene rings is 3. The maximum absolute atomic E-state index is 12.7. The minimum absolute atomic E-state index is 0.202. The number of carbonyl (C=O) groups is 2. The number of esters is 1. The molecule has 0 bridgehead atoms. The summed E-state index contributed by atoms with van der Waals surface area (Å²) in [7, 11) is 0. The van der Waals surface area contributed by atoms with Crippen LogP contribution in [-0.4, -0.2) is 18.4 Å². The summed E-state index contributed by atoms with van der Waals surface area (Å²) in [5.41, 5.74) is 0.599. The van der Waals surface area contributed by atoms with Gasteiger partial charge in [-0.05, 0) is 34.5 Å². The van der Waals surface area contributed by atoms with Crippen LogP contribution in [0.25, 0.3) is 21.5 Å². The first-order valence-corrected chi connectivity index (χ1v) is 7.30. The van der Waals surface area contributed by atoms with E-state index in [1.807, 2.05) is 48.5 Å². The third kappa shape index (κ3) is 2.58. The zero-order valence-electron chi connectivity index (χ0n) is 12.3. The van der Waals surface area contributed by atoms with Gasteiger partial charge in [-0.3, -0.25) is 9.59 Å². The molecule has 3 aromatic rings. The van der Waals surface area contributed by atoms with Crippen LogP contribution in [0, 0.1) is 0 Å². The molecule has 3 nitrogen and oxygen atoms in total. The van der Waals surface area contributed by atoms with Crippen molar-refractivity contribution >= 4 is 33.3 Å². The summed E-state index contributed by atoms with van der Waals surface area (Å²) in [6, 6.07) is 17.5. The predicted molar refractivity (Wildman–Crippen MR) is 87.0 cm³/mol. The van der Waals surface area contributed by atoms with Crippen molar-refractivity contribution < 1.29 is 14.3 Å². The fourth-order valence-electron chi connectivity index (χ4n) is 2.75. The highest BCUT2D eigenvalue weighted by atomic mass is 16.5. The lowest BCUT2D eigenvalue weighted by molar-refractivity contribution is -0.141. The average molecular weight is 292 g/mol. The van der Waals surface area contributed by atoms with Crippen molar-refractivity contribution in [1.82, 2.24) is 0 Å². The highest BCUT2D eigenvalue weighted by Crippen LogP contribution is 2.29. The lowest BCUT2D eigenvalue weighted by Gasteiger charge is -2.10. The van der Waals surface area contributed by atoms with Crippen LogP contribution < -0.4 is 0 Å². The molecule has 110 valence electrons. The Balaban J connectivity index is 2.19. The van der Waals surface area contributed by atoms with E-state index in [0.29, 0.717) is 5.56 Å². The predicted octanol–water partition coefficient (Wildman–Crippen LogP) is 4.13. The van der Waals surface area contributed by atoms with Crippen LogP contribution in [0.2, 0.25) is 0 Å². The number of hydrogen-bond acceptors (Lipinski definition) is 3. The normalized spacial score (nSPS) is 10.8. The van der Waals surface area contributed by atoms with Crippen molar-refractivity contribution in [3.63, 3.8) is 0 Å². The molecule has 3 heteroatoms. The monoisotopic (exact) mass is 292 g/mol. The van der Waals surface area contributed by atoms with Gasteiger partial charge < -0.3 is 4.74 Å². The highest BCUT2D eigenvalue weighted by Gasteiger charge is 2.18. The number of rotatable bonds is 4. The second kappa shape index (κ2) is 5.98. The molecule has 0 aliphatic carbocycles. The van der Waals surface area contributed by atoms with E-state index >= 15 is 0 Å². The number of ether oxygens (including phenoxy) is 1. The molecule has 0 radical (unpaired) electrons. The summed E-state index contributed by atoms with van der Waals surface area (Å²) in [4.78, 5) is 24.3. The maximum atomic E-state index is 12.7. The molecule has 0 heterocycles. The van der Waals surface area contributed by atoms with Gasteiger partial charge >= 0.3 is 5.97 Å². The van der Waals surface area contributed by atoms with Crippen LogP contribution in [0.1, 0.15) is 23.7 Å². The lowest BCUT2D eigenvalue weighted by atomic mass is 9.93. The van der Waals surface area contributed by atoms with E-state index in [1.165, 1.54) is 0 Å². The summed E-state index contributed by atoms with van der Waals surface area (Å²) in [6.45, 7) is 2.01. The van der Waals surface area contributed by atoms with Crippen molar-refractivity contribution in [2.24, 2.45) is 0 Å². The molecule has 0 aliphatic rings. The Kier molecular flexibility index (Phi) is 3.88. The van der Waals surface area contributed by atoms with E-state index < -0.39 is 5.97 Å². The van der Waals surface area contributed by atoms with Crippen LogP contribution in [0.15, 0.2) is 54.6 Å². The first kappa shape index (κ1) is 14.3. The van der Waals surface area contributed by atoms with Crippen molar-refractivity contribution in [2.75, 3.05) is 6.61 Å². The number of carbonyl (C=O) groups excluding carboxylic acids is 2. The molecule has 0 spiro atoms. The first-order valence-electron chi connectivity index (χ1n) is 7.30. The minimum atomic E-state index is -0.482. The van der Waals surface area contributed by atoms with Gasteiger partial charge in [-0.1, -0.05) is 48.5 Å². The van der Waals surface area contributed by atoms with Gasteiger partial charge in [0.1, 0.15) is 6.42 Å². The van der Waals surface area contributed by atoms with E-state index in [1.54, 1.807) is 6.92 Å². The van der Waals surface area contributed by atoms with Gasteiger partial charge in [0.15, 0.2) is 5.78 Å². The van der Waals surface area contributed by atoms with Crippen molar-refractivity contribution in [3.8, 4) is 0 Å². The number of Topliss-reactive ketones (excluding diaryl/α,β-unsaturated/α-hetero) is 1. The van der Waals surface area contributed by atoms with E-state index in [0.717, 1.165) is 21.5 Å². The van der Waals surface area contributed by atoms with Crippen LogP contribution >= 0.6 is 0 Å². The van der Waals surface area contributed by atoms with E-state index in [2.05, 4.69) is 6.07 Å². The maximum Gasteiger partial charge on any atom is 0.313 e. The fourth-order valence-corrected chi connectivity index (χ4v) is 2.75. The van der Waals surface area contributed by atoms with Crippen LogP contribution in [0.3, 0.4) is 0 Å². The molecular formula is C19H16O3. The molecular weight excluding hydrogens is 276 g/mol. The third-order valence-corrected chi connectivity index (χ3v) is 3.66. The quantitative estimate of drug-likeness (QED) is 0.314. The molecule has 0 amide bonds. The Bertz CT molecular complexity index is 811. The molecule has 0 atom stereocenters. The molecule has 0 unspecified atom stereocenters. The van der Waals surface area contributed by atoms with E-state index in [9.17, 15) is 9.59 Å². The van der Waals surface area contributed by atoms with Gasteiger partial charge in [-0.25, -0.2) is 0 Å². The Morgan fingerprint density at radius 2 is 1.45 bits per heavy atom. The SMILES string of the molecule is CCOC(=O)CC(=O)c1c2ccccc2cc2ccccc12. The van der Waals surface area contributed by atoms with E-state index in [4.69, 9.17) is 4.74 Å². The Labute approximate surface area is 128 Å². The summed E-state index contributed by atoms with van der Waals surface area (Å²) in [6.07, 6.45) is -0.230. The van der Waals surface area contributed by atoms with Gasteiger partial charge in [0, 0.05) is 5.56 Å². The zero-order chi connectivity index (χ0) is 15.5. The average Bonchev–Trinajstić information content (AvgIpc) is 2.52. The summed E-state index contributed by atoms with van der Waals surface area (Å²) >= 11 is 0. The van der Waals surface area contributed by atoms with Crippen LogP contribution in [-0.2, 0) is 9.53 Å². The second-order valence-electron chi connectivity index (χ2n) is 5.10. The fraction of sp³-hybridized carbons (Fsp3) is 0.158. The number of hydrogen-bond donors (Lipinski definition) is 0. The molecule has 0 fully saturated rings. The topological polar surface area (TPSA) is 43.4 Å². The second-order valence-corrected chi connectivity index (χ2v) is 5.10.